The third-order valence-corrected chi connectivity index (χ3v) is 3.64. The maximum Gasteiger partial charge on any atom is 0.222 e. The predicted molar refractivity (Wildman–Crippen MR) is 86.0 cm³/mol. The lowest BCUT2D eigenvalue weighted by molar-refractivity contribution is -0.122. The summed E-state index contributed by atoms with van der Waals surface area (Å²) in [4.78, 5) is 23.3. The summed E-state index contributed by atoms with van der Waals surface area (Å²) in [5, 5.41) is 14.8. The van der Waals surface area contributed by atoms with E-state index < -0.39 is 35.6 Å². The number of halogens is 2. The fraction of sp³-hybridized carbons (Fsp3) is 0.529. The van der Waals surface area contributed by atoms with E-state index in [9.17, 15) is 23.5 Å². The maximum absolute atomic E-state index is 13.9. The fourth-order valence-corrected chi connectivity index (χ4v) is 2.22. The van der Waals surface area contributed by atoms with Crippen LogP contribution in [0.25, 0.3) is 0 Å². The van der Waals surface area contributed by atoms with Gasteiger partial charge in [0.05, 0.1) is 18.6 Å². The molecule has 1 rings (SSSR count). The third-order valence-electron chi connectivity index (χ3n) is 3.64. The second-order valence-electron chi connectivity index (χ2n) is 6.07. The molecule has 7 heteroatoms. The third kappa shape index (κ3) is 6.62. The van der Waals surface area contributed by atoms with Gasteiger partial charge >= 0.3 is 0 Å². The van der Waals surface area contributed by atoms with Crippen LogP contribution in [0.15, 0.2) is 18.2 Å². The summed E-state index contributed by atoms with van der Waals surface area (Å²) in [7, 11) is 0. The number of nitrogens with one attached hydrogen (secondary N) is 2. The molecule has 0 spiro atoms. The summed E-state index contributed by atoms with van der Waals surface area (Å²) in [5.41, 5.74) is 0.0453. The summed E-state index contributed by atoms with van der Waals surface area (Å²) < 4.78 is 26.9. The minimum Gasteiger partial charge on any atom is -0.393 e. The Kier molecular flexibility index (Phi) is 7.78. The van der Waals surface area contributed by atoms with E-state index in [-0.39, 0.29) is 24.4 Å². The zero-order valence-electron chi connectivity index (χ0n) is 14.1. The van der Waals surface area contributed by atoms with E-state index in [1.54, 1.807) is 0 Å². The van der Waals surface area contributed by atoms with Gasteiger partial charge in [-0.05, 0) is 18.4 Å². The van der Waals surface area contributed by atoms with Crippen LogP contribution in [0.3, 0.4) is 0 Å². The SMILES string of the molecule is CC(=O)NC(CC(=O)NCCC(O)C(C)C)c1ccc(F)cc1F. The quantitative estimate of drug-likeness (QED) is 0.677. The molecule has 0 aliphatic rings. The molecule has 2 atom stereocenters. The van der Waals surface area contributed by atoms with Crippen LogP contribution in [0.1, 0.15) is 45.2 Å². The number of aliphatic hydroxyl groups is 1. The maximum atomic E-state index is 13.9. The molecule has 0 fully saturated rings. The summed E-state index contributed by atoms with van der Waals surface area (Å²) in [5.74, 6) is -2.29. The molecular formula is C17H24F2N2O3. The first-order valence-corrected chi connectivity index (χ1v) is 7.87. The van der Waals surface area contributed by atoms with Gasteiger partial charge in [0, 0.05) is 25.1 Å². The van der Waals surface area contributed by atoms with Crippen molar-refractivity contribution < 1.29 is 23.5 Å². The van der Waals surface area contributed by atoms with Crippen LogP contribution in [0.5, 0.6) is 0 Å². The Balaban J connectivity index is 2.69. The molecule has 24 heavy (non-hydrogen) atoms. The molecule has 0 bridgehead atoms. The molecular weight excluding hydrogens is 318 g/mol. The molecule has 0 aliphatic carbocycles. The number of benzene rings is 1. The average molecular weight is 342 g/mol. The first-order valence-electron chi connectivity index (χ1n) is 7.87. The van der Waals surface area contributed by atoms with Crippen molar-refractivity contribution in [1.29, 1.82) is 0 Å². The Bertz CT molecular complexity index is 579. The van der Waals surface area contributed by atoms with Crippen LogP contribution >= 0.6 is 0 Å². The lowest BCUT2D eigenvalue weighted by Crippen LogP contribution is -2.34. The van der Waals surface area contributed by atoms with E-state index in [2.05, 4.69) is 10.6 Å². The molecule has 5 nitrogen and oxygen atoms in total. The molecule has 0 saturated carbocycles. The Hall–Kier alpha value is -2.02. The molecule has 0 aromatic heterocycles. The Morgan fingerprint density at radius 1 is 1.25 bits per heavy atom. The van der Waals surface area contributed by atoms with Crippen molar-refractivity contribution in [2.75, 3.05) is 6.54 Å². The van der Waals surface area contributed by atoms with Gasteiger partial charge in [0.2, 0.25) is 11.8 Å². The van der Waals surface area contributed by atoms with Crippen molar-refractivity contribution in [3.8, 4) is 0 Å². The highest BCUT2D eigenvalue weighted by molar-refractivity contribution is 5.79. The first kappa shape index (κ1) is 20.0. The number of amides is 2. The second kappa shape index (κ2) is 9.32. The highest BCUT2D eigenvalue weighted by atomic mass is 19.1. The first-order chi connectivity index (χ1) is 11.2. The molecule has 1 aromatic rings. The molecule has 0 saturated heterocycles. The van der Waals surface area contributed by atoms with Gasteiger partial charge in [-0.25, -0.2) is 8.78 Å². The predicted octanol–water partition coefficient (Wildman–Crippen LogP) is 2.06. The van der Waals surface area contributed by atoms with Crippen molar-refractivity contribution in [3.63, 3.8) is 0 Å². The van der Waals surface area contributed by atoms with E-state index >= 15 is 0 Å². The van der Waals surface area contributed by atoms with E-state index in [4.69, 9.17) is 0 Å². The van der Waals surface area contributed by atoms with Crippen LogP contribution in [0.2, 0.25) is 0 Å². The van der Waals surface area contributed by atoms with Gasteiger partial charge in [-0.1, -0.05) is 19.9 Å². The van der Waals surface area contributed by atoms with Crippen molar-refractivity contribution in [1.82, 2.24) is 10.6 Å². The zero-order valence-corrected chi connectivity index (χ0v) is 14.1. The minimum absolute atomic E-state index is 0.0453. The fourth-order valence-electron chi connectivity index (χ4n) is 2.22. The Morgan fingerprint density at radius 2 is 1.92 bits per heavy atom. The van der Waals surface area contributed by atoms with E-state index in [1.807, 2.05) is 13.8 Å². The monoisotopic (exact) mass is 342 g/mol. The Morgan fingerprint density at radius 3 is 2.46 bits per heavy atom. The summed E-state index contributed by atoms with van der Waals surface area (Å²) in [6.07, 6.45) is -0.301. The normalized spacial score (nSPS) is 13.5. The van der Waals surface area contributed by atoms with Gasteiger partial charge < -0.3 is 15.7 Å². The van der Waals surface area contributed by atoms with E-state index in [0.29, 0.717) is 12.5 Å². The van der Waals surface area contributed by atoms with Crippen molar-refractivity contribution in [2.24, 2.45) is 5.92 Å². The molecule has 0 aliphatic heterocycles. The molecule has 2 unspecified atom stereocenters. The van der Waals surface area contributed by atoms with Gasteiger partial charge in [0.1, 0.15) is 11.6 Å². The van der Waals surface area contributed by atoms with Crippen LogP contribution in [-0.2, 0) is 9.59 Å². The highest BCUT2D eigenvalue weighted by Crippen LogP contribution is 2.21. The lowest BCUT2D eigenvalue weighted by atomic mass is 10.0. The molecule has 134 valence electrons. The average Bonchev–Trinajstić information content (AvgIpc) is 2.45. The largest absolute Gasteiger partial charge is 0.393 e. The number of aliphatic hydroxyl groups excluding tert-OH is 1. The molecule has 0 heterocycles. The molecule has 3 N–H and O–H groups in total. The van der Waals surface area contributed by atoms with Crippen LogP contribution < -0.4 is 10.6 Å². The van der Waals surface area contributed by atoms with Crippen LogP contribution in [-0.4, -0.2) is 29.6 Å². The van der Waals surface area contributed by atoms with Gasteiger partial charge in [-0.2, -0.15) is 0 Å². The van der Waals surface area contributed by atoms with Gasteiger partial charge in [0.25, 0.3) is 0 Å². The number of hydrogen-bond donors (Lipinski definition) is 3. The zero-order chi connectivity index (χ0) is 18.3. The number of rotatable bonds is 8. The van der Waals surface area contributed by atoms with Crippen molar-refractivity contribution in [2.45, 2.75) is 45.8 Å². The highest BCUT2D eigenvalue weighted by Gasteiger charge is 2.21. The molecule has 2 amide bonds. The summed E-state index contributed by atoms with van der Waals surface area (Å²) in [6.45, 7) is 5.27. The lowest BCUT2D eigenvalue weighted by Gasteiger charge is -2.19. The summed E-state index contributed by atoms with van der Waals surface area (Å²) >= 11 is 0. The van der Waals surface area contributed by atoms with Gasteiger partial charge in [-0.3, -0.25) is 9.59 Å². The van der Waals surface area contributed by atoms with E-state index in [0.717, 1.165) is 6.07 Å². The second-order valence-corrected chi connectivity index (χ2v) is 6.07. The summed E-state index contributed by atoms with van der Waals surface area (Å²) in [6, 6.07) is 2.10. The number of carbonyl (C=O) groups is 2. The number of carbonyl (C=O) groups excluding carboxylic acids is 2. The minimum atomic E-state index is -0.891. The van der Waals surface area contributed by atoms with Crippen molar-refractivity contribution >= 4 is 11.8 Å². The number of hydrogen-bond acceptors (Lipinski definition) is 3. The smallest absolute Gasteiger partial charge is 0.222 e. The van der Waals surface area contributed by atoms with Crippen molar-refractivity contribution in [3.05, 3.63) is 35.4 Å². The van der Waals surface area contributed by atoms with Crippen LogP contribution in [0.4, 0.5) is 8.78 Å². The standard InChI is InChI=1S/C17H24F2N2O3/c1-10(2)16(23)6-7-20-17(24)9-15(21-11(3)22)13-5-4-12(18)8-14(13)19/h4-5,8,10,15-16,23H,6-7,9H2,1-3H3,(H,20,24)(H,21,22). The van der Waals surface area contributed by atoms with Crippen LogP contribution in [0, 0.1) is 17.6 Å². The Labute approximate surface area is 140 Å². The van der Waals surface area contributed by atoms with Gasteiger partial charge in [0.15, 0.2) is 0 Å². The topological polar surface area (TPSA) is 78.4 Å². The van der Waals surface area contributed by atoms with E-state index in [1.165, 1.54) is 13.0 Å². The van der Waals surface area contributed by atoms with Gasteiger partial charge in [-0.15, -0.1) is 0 Å². The molecule has 1 aromatic carbocycles. The molecule has 0 radical (unpaired) electrons.